The summed E-state index contributed by atoms with van der Waals surface area (Å²) in [6.45, 7) is 7.41. The van der Waals surface area contributed by atoms with Crippen molar-refractivity contribution in [3.8, 4) is 11.1 Å². The van der Waals surface area contributed by atoms with Gasteiger partial charge in [-0.15, -0.1) is 0 Å². The highest BCUT2D eigenvalue weighted by molar-refractivity contribution is 5.97. The Kier molecular flexibility index (Phi) is 9.55. The minimum absolute atomic E-state index is 0.00797. The van der Waals surface area contributed by atoms with Gasteiger partial charge in [-0.25, -0.2) is 4.98 Å². The van der Waals surface area contributed by atoms with Gasteiger partial charge in [-0.1, -0.05) is 25.1 Å². The quantitative estimate of drug-likeness (QED) is 0.136. The number of allylic oxidation sites excluding steroid dienone is 1. The normalized spacial score (nSPS) is 21.9. The minimum atomic E-state index is -0.381. The van der Waals surface area contributed by atoms with Crippen LogP contribution in [0, 0.1) is 5.92 Å². The van der Waals surface area contributed by atoms with Crippen molar-refractivity contribution in [3.05, 3.63) is 83.0 Å². The molecule has 14 heteroatoms. The molecule has 2 saturated heterocycles. The van der Waals surface area contributed by atoms with Crippen molar-refractivity contribution in [1.29, 1.82) is 0 Å². The molecule has 4 fully saturated rings. The highest BCUT2D eigenvalue weighted by Crippen LogP contribution is 2.49. The topological polar surface area (TPSA) is 180 Å². The summed E-state index contributed by atoms with van der Waals surface area (Å²) in [5.74, 6) is -0.397. The van der Waals surface area contributed by atoms with Crippen molar-refractivity contribution in [1.82, 2.24) is 35.2 Å². The molecule has 1 aromatic carbocycles. The molecule has 5 aliphatic rings. The van der Waals surface area contributed by atoms with Crippen LogP contribution in [0.1, 0.15) is 92.8 Å². The zero-order chi connectivity index (χ0) is 37.7. The van der Waals surface area contributed by atoms with Crippen molar-refractivity contribution < 1.29 is 14.4 Å². The molecular weight excluding hydrogens is 683 g/mol. The summed E-state index contributed by atoms with van der Waals surface area (Å²) < 4.78 is 2.19. The number of nitrogens with one attached hydrogen (secondary N) is 3. The molecule has 8 rings (SSSR count). The van der Waals surface area contributed by atoms with Gasteiger partial charge in [0.1, 0.15) is 17.2 Å². The molecule has 284 valence electrons. The lowest BCUT2D eigenvalue weighted by Crippen LogP contribution is -2.48. The average Bonchev–Trinajstić information content (AvgIpc) is 4.08. The van der Waals surface area contributed by atoms with E-state index in [2.05, 4.69) is 57.4 Å². The molecule has 5 heterocycles. The van der Waals surface area contributed by atoms with E-state index in [4.69, 9.17) is 21.5 Å². The number of amides is 3. The average molecular weight is 734 g/mol. The molecule has 14 nitrogen and oxygen atoms in total. The molecule has 7 N–H and O–H groups in total. The number of hydrogen-bond acceptors (Lipinski definition) is 10. The molecular formula is C40H51N11O3. The number of nitrogens with zero attached hydrogens (tertiary/aromatic N) is 6. The second-order valence-electron chi connectivity index (χ2n) is 15.5. The summed E-state index contributed by atoms with van der Waals surface area (Å²) >= 11 is 0. The molecule has 3 amide bonds. The Balaban J connectivity index is 1.02. The van der Waals surface area contributed by atoms with Crippen LogP contribution >= 0.6 is 0 Å². The highest BCUT2D eigenvalue weighted by Gasteiger charge is 2.38. The molecule has 0 radical (unpaired) electrons. The van der Waals surface area contributed by atoms with Crippen LogP contribution in [0.15, 0.2) is 65.9 Å². The van der Waals surface area contributed by atoms with Gasteiger partial charge in [0.15, 0.2) is 0 Å². The van der Waals surface area contributed by atoms with Gasteiger partial charge in [0.25, 0.3) is 11.8 Å². The van der Waals surface area contributed by atoms with E-state index in [9.17, 15) is 14.4 Å². The van der Waals surface area contributed by atoms with Gasteiger partial charge in [-0.05, 0) is 70.1 Å². The summed E-state index contributed by atoms with van der Waals surface area (Å²) in [7, 11) is 2.08. The number of pyridine rings is 1. The van der Waals surface area contributed by atoms with Crippen LogP contribution in [0.4, 0.5) is 11.4 Å². The molecule has 2 aromatic heterocycles. The lowest BCUT2D eigenvalue weighted by molar-refractivity contribution is -0.121. The second kappa shape index (κ2) is 14.5. The van der Waals surface area contributed by atoms with Gasteiger partial charge in [0, 0.05) is 68.4 Å². The molecule has 2 aliphatic carbocycles. The Morgan fingerprint density at radius 3 is 2.48 bits per heavy atom. The van der Waals surface area contributed by atoms with E-state index in [1.54, 1.807) is 0 Å². The van der Waals surface area contributed by atoms with E-state index in [-0.39, 0.29) is 59.3 Å². The lowest BCUT2D eigenvalue weighted by atomic mass is 9.91. The summed E-state index contributed by atoms with van der Waals surface area (Å²) in [6.07, 6.45) is 9.96. The number of hydrogen-bond donors (Lipinski definition) is 5. The smallest absolute Gasteiger partial charge is 0.272 e. The van der Waals surface area contributed by atoms with Crippen LogP contribution in [0.3, 0.4) is 0 Å². The van der Waals surface area contributed by atoms with Crippen LogP contribution in [0.25, 0.3) is 11.1 Å². The monoisotopic (exact) mass is 733 g/mol. The first-order valence-electron chi connectivity index (χ1n) is 19.4. The molecule has 3 aromatic rings. The molecule has 3 aliphatic heterocycles. The van der Waals surface area contributed by atoms with E-state index in [0.29, 0.717) is 17.9 Å². The zero-order valence-electron chi connectivity index (χ0n) is 31.3. The Bertz CT molecular complexity index is 2020. The molecule has 2 atom stereocenters. The zero-order valence-corrected chi connectivity index (χ0v) is 31.3. The third-order valence-corrected chi connectivity index (χ3v) is 11.4. The van der Waals surface area contributed by atoms with Crippen molar-refractivity contribution in [2.45, 2.75) is 89.5 Å². The number of anilines is 2. The SMILES string of the molecule is CCC1c2c(cnn2C2CN(Cc3cccc(C(=O)N4CCCC4C)n3)C2)-c2cccc(NC(/C=C(\N)NC(=O)C3CC3)=C(/N)C(=O)NC3CC3)c2N1C. The van der Waals surface area contributed by atoms with Gasteiger partial charge < -0.3 is 37.2 Å². The van der Waals surface area contributed by atoms with Crippen LogP contribution in [-0.2, 0) is 16.1 Å². The van der Waals surface area contributed by atoms with Crippen LogP contribution in [0.5, 0.6) is 0 Å². The predicted molar refractivity (Wildman–Crippen MR) is 207 cm³/mol. The Morgan fingerprint density at radius 1 is 1.00 bits per heavy atom. The van der Waals surface area contributed by atoms with Gasteiger partial charge in [0.05, 0.1) is 46.7 Å². The summed E-state index contributed by atoms with van der Waals surface area (Å²) in [6, 6.07) is 12.4. The number of benzene rings is 1. The largest absolute Gasteiger partial charge is 0.393 e. The highest BCUT2D eigenvalue weighted by atomic mass is 16.2. The number of nitrogens with two attached hydrogens (primary N) is 2. The van der Waals surface area contributed by atoms with Crippen molar-refractivity contribution in [2.24, 2.45) is 17.4 Å². The number of para-hydroxylation sites is 1. The van der Waals surface area contributed by atoms with Crippen molar-refractivity contribution >= 4 is 29.1 Å². The van der Waals surface area contributed by atoms with E-state index in [0.717, 1.165) is 92.8 Å². The van der Waals surface area contributed by atoms with Gasteiger partial charge in [-0.3, -0.25) is 24.0 Å². The fourth-order valence-electron chi connectivity index (χ4n) is 8.10. The maximum Gasteiger partial charge on any atom is 0.272 e. The van der Waals surface area contributed by atoms with E-state index >= 15 is 0 Å². The number of aromatic nitrogens is 3. The third-order valence-electron chi connectivity index (χ3n) is 11.4. The fraction of sp³-hybridized carbons (Fsp3) is 0.475. The van der Waals surface area contributed by atoms with E-state index in [1.807, 2.05) is 41.4 Å². The molecule has 54 heavy (non-hydrogen) atoms. The van der Waals surface area contributed by atoms with Crippen LogP contribution < -0.4 is 32.3 Å². The number of likely N-dealkylation sites (tertiary alicyclic amines) is 2. The number of rotatable bonds is 12. The summed E-state index contributed by atoms with van der Waals surface area (Å²) in [5, 5.41) is 14.1. The Hall–Kier alpha value is -5.37. The first-order valence-corrected chi connectivity index (χ1v) is 19.4. The van der Waals surface area contributed by atoms with Gasteiger partial charge >= 0.3 is 0 Å². The Labute approximate surface area is 316 Å². The van der Waals surface area contributed by atoms with Crippen molar-refractivity contribution in [3.63, 3.8) is 0 Å². The predicted octanol–water partition coefficient (Wildman–Crippen LogP) is 3.71. The number of fused-ring (bicyclic) bond motifs is 3. The lowest BCUT2D eigenvalue weighted by Gasteiger charge is -2.43. The maximum atomic E-state index is 13.2. The first-order chi connectivity index (χ1) is 26.1. The van der Waals surface area contributed by atoms with Crippen LogP contribution in [0.2, 0.25) is 0 Å². The van der Waals surface area contributed by atoms with Crippen molar-refractivity contribution in [2.75, 3.05) is 36.9 Å². The first kappa shape index (κ1) is 35.6. The third kappa shape index (κ3) is 7.02. The summed E-state index contributed by atoms with van der Waals surface area (Å²) in [4.78, 5) is 50.1. The number of carbonyl (C=O) groups excluding carboxylic acids is 3. The van der Waals surface area contributed by atoms with E-state index < -0.39 is 0 Å². The maximum absolute atomic E-state index is 13.2. The number of carbonyl (C=O) groups is 3. The molecule has 0 bridgehead atoms. The fourth-order valence-corrected chi connectivity index (χ4v) is 8.10. The molecule has 0 spiro atoms. The minimum Gasteiger partial charge on any atom is -0.393 e. The van der Waals surface area contributed by atoms with Crippen LogP contribution in [-0.4, -0.2) is 81.1 Å². The van der Waals surface area contributed by atoms with Gasteiger partial charge in [0.2, 0.25) is 5.91 Å². The molecule has 2 unspecified atom stereocenters. The molecule has 2 saturated carbocycles. The summed E-state index contributed by atoms with van der Waals surface area (Å²) in [5.41, 5.74) is 19.5. The second-order valence-corrected chi connectivity index (χ2v) is 15.5. The van der Waals surface area contributed by atoms with Gasteiger partial charge in [-0.2, -0.15) is 5.10 Å². The Morgan fingerprint density at radius 2 is 1.78 bits per heavy atom. The van der Waals surface area contributed by atoms with E-state index in [1.165, 1.54) is 11.8 Å². The standard InChI is InChI=1S/C40H51N11O3/c1-4-33-37-29(19-43-51(37)27-21-49(22-27)20-26-9-5-12-31(44-26)40(54)50-17-7-8-23(50)2)28-10-6-11-30(36(28)48(33)3)46-32(35(42)39(53)45-25-15-16-25)18-34(41)47-38(52)24-13-14-24/h5-6,9-12,18-19,23-25,27,33,46H,4,7-8,13-17,20-22,41-42H2,1-3H3,(H,45,53)(H,47,52)/b34-18+,35-32+.